The van der Waals surface area contributed by atoms with Gasteiger partial charge in [-0.15, -0.1) is 11.3 Å². The minimum absolute atomic E-state index is 0.0340. The van der Waals surface area contributed by atoms with E-state index in [2.05, 4.69) is 35.1 Å². The molecule has 0 saturated carbocycles. The van der Waals surface area contributed by atoms with E-state index < -0.39 is 5.41 Å². The molecule has 0 unspecified atom stereocenters. The number of nitrogens with one attached hydrogen (secondary N) is 1. The van der Waals surface area contributed by atoms with E-state index in [-0.39, 0.29) is 17.9 Å². The smallest absolute Gasteiger partial charge is 0.236 e. The van der Waals surface area contributed by atoms with Gasteiger partial charge in [0.05, 0.1) is 33.5 Å². The molecule has 3 saturated heterocycles. The number of thiazole rings is 1. The number of pyridine rings is 2. The Bertz CT molecular complexity index is 2000. The van der Waals surface area contributed by atoms with Crippen molar-refractivity contribution in [2.45, 2.75) is 51.6 Å². The molecule has 15 heteroatoms. The number of anilines is 1. The zero-order valence-electron chi connectivity index (χ0n) is 27.9. The van der Waals surface area contributed by atoms with Crippen LogP contribution in [-0.4, -0.2) is 107 Å². The summed E-state index contributed by atoms with van der Waals surface area (Å²) in [6.07, 6.45) is 8.56. The van der Waals surface area contributed by atoms with Crippen molar-refractivity contribution in [3.05, 3.63) is 48.0 Å². The molecule has 3 fully saturated rings. The monoisotopic (exact) mass is 681 g/mol. The second kappa shape index (κ2) is 12.6. The van der Waals surface area contributed by atoms with Gasteiger partial charge in [0.2, 0.25) is 17.7 Å². The van der Waals surface area contributed by atoms with E-state index in [0.717, 1.165) is 53.2 Å². The molecule has 254 valence electrons. The normalized spacial score (nSPS) is 20.4. The summed E-state index contributed by atoms with van der Waals surface area (Å²) in [5.74, 6) is 2.41. The quantitative estimate of drug-likeness (QED) is 0.255. The number of aromatic nitrogens is 8. The first kappa shape index (κ1) is 31.5. The Hall–Kier alpha value is -4.76. The Morgan fingerprint density at radius 1 is 1.06 bits per heavy atom. The summed E-state index contributed by atoms with van der Waals surface area (Å²) in [4.78, 5) is 52.6. The second-order valence-corrected chi connectivity index (χ2v) is 14.7. The fraction of sp³-hybridized carbons (Fsp3) is 0.471. The van der Waals surface area contributed by atoms with Crippen molar-refractivity contribution in [2.75, 3.05) is 44.2 Å². The van der Waals surface area contributed by atoms with Crippen molar-refractivity contribution in [1.29, 1.82) is 0 Å². The van der Waals surface area contributed by atoms with E-state index in [0.29, 0.717) is 67.4 Å². The number of ether oxygens (including phenoxy) is 1. The van der Waals surface area contributed by atoms with Crippen LogP contribution in [0.5, 0.6) is 5.88 Å². The molecule has 0 aliphatic carbocycles. The molecule has 1 spiro atoms. The van der Waals surface area contributed by atoms with E-state index in [1.165, 1.54) is 0 Å². The van der Waals surface area contributed by atoms with Crippen molar-refractivity contribution in [3.8, 4) is 27.8 Å². The minimum atomic E-state index is -0.496. The first-order chi connectivity index (χ1) is 23.7. The van der Waals surface area contributed by atoms with Gasteiger partial charge in [0, 0.05) is 63.2 Å². The molecule has 14 nitrogen and oxygen atoms in total. The van der Waals surface area contributed by atoms with Crippen LogP contribution in [0.15, 0.2) is 43.0 Å². The van der Waals surface area contributed by atoms with Crippen LogP contribution < -0.4 is 9.64 Å². The fourth-order valence-corrected chi connectivity index (χ4v) is 8.31. The lowest BCUT2D eigenvalue weighted by atomic mass is 9.85. The maximum atomic E-state index is 14.0. The van der Waals surface area contributed by atoms with Crippen molar-refractivity contribution in [1.82, 2.24) is 49.7 Å². The van der Waals surface area contributed by atoms with E-state index in [1.807, 2.05) is 56.3 Å². The van der Waals surface area contributed by atoms with Gasteiger partial charge in [-0.2, -0.15) is 10.2 Å². The van der Waals surface area contributed by atoms with Gasteiger partial charge < -0.3 is 9.64 Å². The highest BCUT2D eigenvalue weighted by Gasteiger charge is 2.51. The summed E-state index contributed by atoms with van der Waals surface area (Å²) in [7, 11) is 1.85. The summed E-state index contributed by atoms with van der Waals surface area (Å²) in [5, 5.41) is 13.0. The van der Waals surface area contributed by atoms with Gasteiger partial charge in [-0.25, -0.2) is 19.9 Å². The lowest BCUT2D eigenvalue weighted by molar-refractivity contribution is -0.134. The van der Waals surface area contributed by atoms with E-state index in [1.54, 1.807) is 33.4 Å². The molecule has 5 aromatic heterocycles. The zero-order valence-corrected chi connectivity index (χ0v) is 28.7. The average molecular weight is 682 g/mol. The number of aryl methyl sites for hydroxylation is 1. The molecule has 8 rings (SSSR count). The lowest BCUT2D eigenvalue weighted by Gasteiger charge is -2.32. The van der Waals surface area contributed by atoms with Crippen molar-refractivity contribution >= 4 is 40.0 Å². The highest BCUT2D eigenvalue weighted by atomic mass is 32.1. The van der Waals surface area contributed by atoms with Gasteiger partial charge in [0.25, 0.3) is 0 Å². The molecular weight excluding hydrogens is 643 g/mol. The third kappa shape index (κ3) is 6.05. The first-order valence-electron chi connectivity index (χ1n) is 16.9. The molecule has 0 bridgehead atoms. The van der Waals surface area contributed by atoms with Crippen molar-refractivity contribution in [2.24, 2.45) is 12.5 Å². The van der Waals surface area contributed by atoms with Gasteiger partial charge in [0.1, 0.15) is 23.4 Å². The SMILES string of the molecule is CC(C)Oc1ccc(-c2n[nH]c3ccc(N4CC[C@]5(CCN(CC(=O)N6CCC(c7ncc(-c8ncn(C)n8)s7)CC6)C5)C4=O)nc23)cn1. The number of nitrogens with zero attached hydrogens (tertiary/aromatic N) is 10. The van der Waals surface area contributed by atoms with Crippen molar-refractivity contribution < 1.29 is 14.3 Å². The predicted molar refractivity (Wildman–Crippen MR) is 184 cm³/mol. The standard InChI is InChI=1S/C34H39N11O3S/c1-21(2)48-27-7-4-23(16-35-27)29-30-24(39-40-29)5-6-26(38-30)45-15-11-34(33(45)47)10-14-43(19-34)18-28(46)44-12-8-22(9-13-44)32-36-17-25(49-32)31-37-20-42(3)41-31/h4-7,16-17,20-22H,8-15,18-19H2,1-3H3,(H,39,40)/t34-/m0/s1. The molecule has 49 heavy (non-hydrogen) atoms. The molecule has 0 radical (unpaired) electrons. The summed E-state index contributed by atoms with van der Waals surface area (Å²) in [6, 6.07) is 7.54. The zero-order chi connectivity index (χ0) is 33.7. The third-order valence-corrected chi connectivity index (χ3v) is 11.0. The Morgan fingerprint density at radius 3 is 2.65 bits per heavy atom. The topological polar surface area (TPSA) is 151 Å². The predicted octanol–water partition coefficient (Wildman–Crippen LogP) is 3.89. The molecule has 0 aromatic carbocycles. The van der Waals surface area contributed by atoms with Gasteiger partial charge in [0.15, 0.2) is 5.82 Å². The third-order valence-electron chi connectivity index (χ3n) is 9.88. The number of rotatable bonds is 8. The summed E-state index contributed by atoms with van der Waals surface area (Å²) >= 11 is 1.64. The number of piperidine rings is 1. The number of carbonyl (C=O) groups is 2. The number of hydrogen-bond donors (Lipinski definition) is 1. The lowest BCUT2D eigenvalue weighted by Crippen LogP contribution is -2.44. The molecule has 1 atom stereocenters. The Kier molecular flexibility index (Phi) is 8.10. The fourth-order valence-electron chi connectivity index (χ4n) is 7.28. The Balaban J connectivity index is 0.878. The largest absolute Gasteiger partial charge is 0.475 e. The first-order valence-corrected chi connectivity index (χ1v) is 17.7. The number of hydrogen-bond acceptors (Lipinski definition) is 11. The molecule has 2 amide bonds. The van der Waals surface area contributed by atoms with Gasteiger partial charge in [-0.1, -0.05) is 0 Å². The van der Waals surface area contributed by atoms with Crippen LogP contribution >= 0.6 is 11.3 Å². The molecule has 8 heterocycles. The van der Waals surface area contributed by atoms with Crippen LogP contribution in [0.1, 0.15) is 50.5 Å². The number of amides is 2. The van der Waals surface area contributed by atoms with Crippen LogP contribution in [0.4, 0.5) is 5.82 Å². The minimum Gasteiger partial charge on any atom is -0.475 e. The molecular formula is C34H39N11O3S. The summed E-state index contributed by atoms with van der Waals surface area (Å²) < 4.78 is 7.37. The summed E-state index contributed by atoms with van der Waals surface area (Å²) in [5.41, 5.74) is 2.47. The van der Waals surface area contributed by atoms with Crippen LogP contribution in [0.2, 0.25) is 0 Å². The van der Waals surface area contributed by atoms with E-state index in [9.17, 15) is 9.59 Å². The molecule has 5 aromatic rings. The number of aromatic amines is 1. The van der Waals surface area contributed by atoms with Crippen LogP contribution in [0.25, 0.3) is 33.0 Å². The number of H-pyrrole nitrogens is 1. The van der Waals surface area contributed by atoms with Gasteiger partial charge >= 0.3 is 0 Å². The maximum Gasteiger partial charge on any atom is 0.236 e. The molecule has 3 aliphatic rings. The van der Waals surface area contributed by atoms with Gasteiger partial charge in [-0.05, 0) is 64.3 Å². The van der Waals surface area contributed by atoms with Crippen LogP contribution in [0.3, 0.4) is 0 Å². The molecule has 1 N–H and O–H groups in total. The van der Waals surface area contributed by atoms with Crippen molar-refractivity contribution in [3.63, 3.8) is 0 Å². The number of fused-ring (bicyclic) bond motifs is 1. The van der Waals surface area contributed by atoms with Crippen LogP contribution in [0, 0.1) is 5.41 Å². The highest BCUT2D eigenvalue weighted by molar-refractivity contribution is 7.15. The number of carbonyl (C=O) groups excluding carboxylic acids is 2. The van der Waals surface area contributed by atoms with Gasteiger partial charge in [-0.3, -0.25) is 29.2 Å². The summed E-state index contributed by atoms with van der Waals surface area (Å²) in [6.45, 7) is 7.59. The Labute approximate surface area is 287 Å². The van der Waals surface area contributed by atoms with E-state index in [4.69, 9.17) is 9.72 Å². The highest BCUT2D eigenvalue weighted by Crippen LogP contribution is 2.42. The maximum absolute atomic E-state index is 14.0. The Morgan fingerprint density at radius 2 is 1.90 bits per heavy atom. The second-order valence-electron chi connectivity index (χ2n) is 13.6. The van der Waals surface area contributed by atoms with E-state index >= 15 is 0 Å². The number of likely N-dealkylation sites (tertiary alicyclic amines) is 2. The van der Waals surface area contributed by atoms with Crippen LogP contribution in [-0.2, 0) is 16.6 Å². The molecule has 3 aliphatic heterocycles. The average Bonchev–Trinajstić information content (AvgIpc) is 3.94.